The van der Waals surface area contributed by atoms with Crippen LogP contribution in [0.2, 0.25) is 5.02 Å². The van der Waals surface area contributed by atoms with E-state index in [0.29, 0.717) is 0 Å². The Hall–Kier alpha value is -0.650. The van der Waals surface area contributed by atoms with Gasteiger partial charge in [0.2, 0.25) is 10.0 Å². The van der Waals surface area contributed by atoms with E-state index in [2.05, 4.69) is 0 Å². The van der Waals surface area contributed by atoms with E-state index in [0.717, 1.165) is 6.07 Å². The van der Waals surface area contributed by atoms with Gasteiger partial charge in [0.05, 0.1) is 5.02 Å². The largest absolute Gasteiger partial charge is 0.241 e. The summed E-state index contributed by atoms with van der Waals surface area (Å²) in [4.78, 5) is -0.588. The summed E-state index contributed by atoms with van der Waals surface area (Å²) in [5, 5.41) is 4.44. The summed E-state index contributed by atoms with van der Waals surface area (Å²) in [6.07, 6.45) is 0. The first-order valence-corrected chi connectivity index (χ1v) is 4.82. The predicted octanol–water partition coefficient (Wildman–Crippen LogP) is 1.13. The Morgan fingerprint density at radius 1 is 1.42 bits per heavy atom. The van der Waals surface area contributed by atoms with Crippen LogP contribution >= 0.6 is 11.6 Å². The number of nitrogens with two attached hydrogens (primary N) is 1. The van der Waals surface area contributed by atoms with Crippen LogP contribution in [0.25, 0.3) is 0 Å². The normalized spacial score (nSPS) is 11.6. The van der Waals surface area contributed by atoms with Crippen molar-refractivity contribution in [2.45, 2.75) is 4.90 Å². The van der Waals surface area contributed by atoms with Crippen molar-refractivity contribution in [3.63, 3.8) is 0 Å². The lowest BCUT2D eigenvalue weighted by Crippen LogP contribution is -2.13. The molecule has 1 aromatic rings. The highest BCUT2D eigenvalue weighted by Crippen LogP contribution is 2.20. The van der Waals surface area contributed by atoms with Gasteiger partial charge in [0, 0.05) is 0 Å². The predicted molar refractivity (Wildman–Crippen MR) is 42.8 cm³/mol. The third kappa shape index (κ3) is 1.74. The summed E-state index contributed by atoms with van der Waals surface area (Å²) in [5.74, 6) is -1.01. The van der Waals surface area contributed by atoms with Gasteiger partial charge in [-0.1, -0.05) is 17.7 Å². The molecule has 6 heteroatoms. The third-order valence-electron chi connectivity index (χ3n) is 1.22. The van der Waals surface area contributed by atoms with E-state index in [9.17, 15) is 12.8 Å². The minimum atomic E-state index is -4.02. The maximum atomic E-state index is 12.9. The molecule has 0 bridgehead atoms. The van der Waals surface area contributed by atoms with Crippen molar-refractivity contribution in [2.24, 2.45) is 5.14 Å². The molecule has 1 rings (SSSR count). The van der Waals surface area contributed by atoms with Gasteiger partial charge < -0.3 is 0 Å². The molecule has 0 radical (unpaired) electrons. The van der Waals surface area contributed by atoms with E-state index in [1.54, 1.807) is 0 Å². The molecule has 0 unspecified atom stereocenters. The van der Waals surface area contributed by atoms with E-state index in [4.69, 9.17) is 16.7 Å². The number of rotatable bonds is 1. The molecule has 66 valence electrons. The summed E-state index contributed by atoms with van der Waals surface area (Å²) < 4.78 is 34.3. The molecular weight excluding hydrogens is 205 g/mol. The zero-order chi connectivity index (χ0) is 9.35. The highest BCUT2D eigenvalue weighted by atomic mass is 35.5. The van der Waals surface area contributed by atoms with Gasteiger partial charge >= 0.3 is 0 Å². The Labute approximate surface area is 74.0 Å². The molecule has 3 nitrogen and oxygen atoms in total. The maximum Gasteiger partial charge on any atom is 0.241 e. The quantitative estimate of drug-likeness (QED) is 0.754. The van der Waals surface area contributed by atoms with Crippen LogP contribution in [0.3, 0.4) is 0 Å². The zero-order valence-corrected chi connectivity index (χ0v) is 7.36. The Morgan fingerprint density at radius 3 is 2.42 bits per heavy atom. The molecule has 0 atom stereocenters. The molecule has 2 N–H and O–H groups in total. The second-order valence-electron chi connectivity index (χ2n) is 2.10. The van der Waals surface area contributed by atoms with Gasteiger partial charge in [-0.05, 0) is 12.1 Å². The van der Waals surface area contributed by atoms with Crippen LogP contribution in [0.1, 0.15) is 0 Å². The van der Waals surface area contributed by atoms with E-state index in [-0.39, 0.29) is 5.02 Å². The van der Waals surface area contributed by atoms with Gasteiger partial charge in [-0.25, -0.2) is 17.9 Å². The van der Waals surface area contributed by atoms with E-state index < -0.39 is 20.7 Å². The van der Waals surface area contributed by atoms with Crippen molar-refractivity contribution in [1.82, 2.24) is 0 Å². The smallest absolute Gasteiger partial charge is 0.225 e. The molecule has 0 aliphatic rings. The number of hydrogen-bond acceptors (Lipinski definition) is 2. The van der Waals surface area contributed by atoms with Gasteiger partial charge in [0.1, 0.15) is 4.90 Å². The molecule has 1 aromatic carbocycles. The average molecular weight is 210 g/mol. The van der Waals surface area contributed by atoms with Crippen molar-refractivity contribution in [2.75, 3.05) is 0 Å². The topological polar surface area (TPSA) is 60.2 Å². The van der Waals surface area contributed by atoms with Crippen LogP contribution in [-0.2, 0) is 10.0 Å². The second-order valence-corrected chi connectivity index (χ2v) is 4.03. The molecular formula is C6H5ClFNO2S. The summed E-state index contributed by atoms with van der Waals surface area (Å²) in [7, 11) is -4.02. The molecule has 0 aromatic heterocycles. The molecule has 0 amide bonds. The van der Waals surface area contributed by atoms with Gasteiger partial charge in [-0.3, -0.25) is 0 Å². The van der Waals surface area contributed by atoms with Crippen LogP contribution in [-0.4, -0.2) is 8.42 Å². The Balaban J connectivity index is 3.47. The lowest BCUT2D eigenvalue weighted by molar-refractivity contribution is 0.568. The highest BCUT2D eigenvalue weighted by Gasteiger charge is 2.15. The first kappa shape index (κ1) is 9.44. The van der Waals surface area contributed by atoms with Gasteiger partial charge in [-0.15, -0.1) is 0 Å². The summed E-state index contributed by atoms with van der Waals surface area (Å²) in [6, 6.07) is 3.60. The van der Waals surface area contributed by atoms with E-state index in [1.165, 1.54) is 12.1 Å². The maximum absolute atomic E-state index is 12.9. The number of sulfonamides is 1. The molecule has 0 aliphatic carbocycles. The number of benzene rings is 1. The SMILES string of the molecule is NS(=O)(=O)c1cccc(Cl)c1F. The molecule has 0 spiro atoms. The fourth-order valence-electron chi connectivity index (χ4n) is 0.704. The van der Waals surface area contributed by atoms with Crippen molar-refractivity contribution in [3.05, 3.63) is 29.0 Å². The molecule has 0 aliphatic heterocycles. The number of hydrogen-bond donors (Lipinski definition) is 1. The van der Waals surface area contributed by atoms with Crippen LogP contribution in [0.15, 0.2) is 23.1 Å². The zero-order valence-electron chi connectivity index (χ0n) is 5.79. The third-order valence-corrected chi connectivity index (χ3v) is 2.44. The van der Waals surface area contributed by atoms with Crippen LogP contribution in [0.5, 0.6) is 0 Å². The van der Waals surface area contributed by atoms with Crippen LogP contribution < -0.4 is 5.14 Å². The number of halogens is 2. The first-order chi connectivity index (χ1) is 5.43. The Kier molecular flexibility index (Phi) is 2.36. The minimum absolute atomic E-state index is 0.262. The monoisotopic (exact) mass is 209 g/mol. The van der Waals surface area contributed by atoms with E-state index in [1.807, 2.05) is 0 Å². The van der Waals surface area contributed by atoms with Crippen LogP contribution in [0.4, 0.5) is 4.39 Å². The van der Waals surface area contributed by atoms with Gasteiger partial charge in [0.25, 0.3) is 0 Å². The molecule has 0 fully saturated rings. The molecule has 12 heavy (non-hydrogen) atoms. The summed E-state index contributed by atoms with van der Waals surface area (Å²) >= 11 is 5.32. The first-order valence-electron chi connectivity index (χ1n) is 2.90. The average Bonchev–Trinajstić information content (AvgIpc) is 1.92. The summed E-state index contributed by atoms with van der Waals surface area (Å²) in [6.45, 7) is 0. The Bertz CT molecular complexity index is 404. The second kappa shape index (κ2) is 3.01. The minimum Gasteiger partial charge on any atom is -0.225 e. The fourth-order valence-corrected chi connectivity index (χ4v) is 1.56. The van der Waals surface area contributed by atoms with Crippen molar-refractivity contribution < 1.29 is 12.8 Å². The number of primary sulfonamides is 1. The Morgan fingerprint density at radius 2 is 2.00 bits per heavy atom. The fraction of sp³-hybridized carbons (Fsp3) is 0. The molecule has 0 heterocycles. The van der Waals surface area contributed by atoms with Crippen molar-refractivity contribution in [3.8, 4) is 0 Å². The van der Waals surface area contributed by atoms with Crippen LogP contribution in [0, 0.1) is 5.82 Å². The van der Waals surface area contributed by atoms with Gasteiger partial charge in [0.15, 0.2) is 5.82 Å². The van der Waals surface area contributed by atoms with Gasteiger partial charge in [-0.2, -0.15) is 0 Å². The summed E-state index contributed by atoms with van der Waals surface area (Å²) in [5.41, 5.74) is 0. The standard InChI is InChI=1S/C6H5ClFNO2S/c7-4-2-1-3-5(6(4)8)12(9,10)11/h1-3H,(H2,9,10,11). The highest BCUT2D eigenvalue weighted by molar-refractivity contribution is 7.89. The lowest BCUT2D eigenvalue weighted by Gasteiger charge is -2.00. The van der Waals surface area contributed by atoms with Crippen molar-refractivity contribution >= 4 is 21.6 Å². The molecule has 0 saturated carbocycles. The van der Waals surface area contributed by atoms with Crippen molar-refractivity contribution in [1.29, 1.82) is 0 Å². The molecule has 0 saturated heterocycles. The van der Waals surface area contributed by atoms with E-state index >= 15 is 0 Å². The lowest BCUT2D eigenvalue weighted by atomic mass is 10.3.